The number of para-hydroxylation sites is 1. The standard InChI is InChI=1S/C17H13F6NO2/c18-16(19,20)9-4-5-11(13(6-9)17(21,22)23)12-2-1-3-14-15(12)26-10(7-24)8-25-14/h1-6,10H,7-8,24H2/t10-/m0/s1. The van der Waals surface area contributed by atoms with E-state index in [0.29, 0.717) is 6.07 Å². The van der Waals surface area contributed by atoms with E-state index in [-0.39, 0.29) is 36.3 Å². The molecule has 0 aromatic heterocycles. The molecule has 0 unspecified atom stereocenters. The van der Waals surface area contributed by atoms with Crippen molar-refractivity contribution >= 4 is 0 Å². The van der Waals surface area contributed by atoms with Gasteiger partial charge in [-0.05, 0) is 23.8 Å². The van der Waals surface area contributed by atoms with E-state index < -0.39 is 35.1 Å². The molecule has 0 amide bonds. The molecule has 3 nitrogen and oxygen atoms in total. The molecule has 0 saturated heterocycles. The van der Waals surface area contributed by atoms with Crippen LogP contribution in [0.25, 0.3) is 11.1 Å². The van der Waals surface area contributed by atoms with E-state index in [1.165, 1.54) is 18.2 Å². The first-order valence-corrected chi connectivity index (χ1v) is 7.52. The predicted octanol–water partition coefficient (Wildman–Crippen LogP) is 4.49. The highest BCUT2D eigenvalue weighted by Crippen LogP contribution is 2.46. The van der Waals surface area contributed by atoms with Crippen LogP contribution in [0.15, 0.2) is 36.4 Å². The maximum absolute atomic E-state index is 13.4. The van der Waals surface area contributed by atoms with Gasteiger partial charge < -0.3 is 15.2 Å². The minimum Gasteiger partial charge on any atom is -0.486 e. The highest BCUT2D eigenvalue weighted by atomic mass is 19.4. The van der Waals surface area contributed by atoms with Gasteiger partial charge in [-0.15, -0.1) is 0 Å². The molecule has 0 saturated carbocycles. The molecule has 2 N–H and O–H groups in total. The molecule has 3 rings (SSSR count). The second-order valence-corrected chi connectivity index (χ2v) is 5.68. The summed E-state index contributed by atoms with van der Waals surface area (Å²) in [7, 11) is 0. The fraction of sp³-hybridized carbons (Fsp3) is 0.294. The van der Waals surface area contributed by atoms with Crippen molar-refractivity contribution in [3.8, 4) is 22.6 Å². The Morgan fingerprint density at radius 2 is 1.69 bits per heavy atom. The molecule has 0 radical (unpaired) electrons. The largest absolute Gasteiger partial charge is 0.486 e. The first-order chi connectivity index (χ1) is 12.1. The van der Waals surface area contributed by atoms with Crippen LogP contribution in [-0.4, -0.2) is 19.3 Å². The van der Waals surface area contributed by atoms with Gasteiger partial charge in [0.1, 0.15) is 12.7 Å². The number of nitrogens with two attached hydrogens (primary N) is 1. The maximum Gasteiger partial charge on any atom is 0.417 e. The topological polar surface area (TPSA) is 44.5 Å². The van der Waals surface area contributed by atoms with Gasteiger partial charge in [0.15, 0.2) is 11.5 Å². The highest BCUT2D eigenvalue weighted by molar-refractivity contribution is 5.77. The molecule has 1 atom stereocenters. The Kier molecular flexibility index (Phi) is 4.51. The van der Waals surface area contributed by atoms with Crippen LogP contribution in [0.5, 0.6) is 11.5 Å². The van der Waals surface area contributed by atoms with Crippen molar-refractivity contribution in [1.29, 1.82) is 0 Å². The van der Waals surface area contributed by atoms with Crippen molar-refractivity contribution in [1.82, 2.24) is 0 Å². The van der Waals surface area contributed by atoms with Gasteiger partial charge in [-0.3, -0.25) is 0 Å². The van der Waals surface area contributed by atoms with Crippen LogP contribution >= 0.6 is 0 Å². The fourth-order valence-corrected chi connectivity index (χ4v) is 2.65. The lowest BCUT2D eigenvalue weighted by atomic mass is 9.95. The molecular weight excluding hydrogens is 364 g/mol. The molecule has 26 heavy (non-hydrogen) atoms. The maximum atomic E-state index is 13.4. The summed E-state index contributed by atoms with van der Waals surface area (Å²) in [5.41, 5.74) is 2.28. The van der Waals surface area contributed by atoms with E-state index in [1.54, 1.807) is 0 Å². The molecule has 0 spiro atoms. The Balaban J connectivity index is 2.19. The van der Waals surface area contributed by atoms with Gasteiger partial charge in [-0.2, -0.15) is 26.3 Å². The van der Waals surface area contributed by atoms with Crippen molar-refractivity contribution in [2.45, 2.75) is 18.5 Å². The average molecular weight is 377 g/mol. The van der Waals surface area contributed by atoms with E-state index in [9.17, 15) is 26.3 Å². The Morgan fingerprint density at radius 3 is 2.31 bits per heavy atom. The van der Waals surface area contributed by atoms with Crippen molar-refractivity contribution in [3.05, 3.63) is 47.5 Å². The SMILES string of the molecule is NC[C@H]1COc2cccc(-c3ccc(C(F)(F)F)cc3C(F)(F)F)c2O1. The zero-order valence-electron chi connectivity index (χ0n) is 13.1. The monoisotopic (exact) mass is 377 g/mol. The zero-order chi connectivity index (χ0) is 19.1. The number of hydrogen-bond acceptors (Lipinski definition) is 3. The van der Waals surface area contributed by atoms with Crippen LogP contribution in [-0.2, 0) is 12.4 Å². The predicted molar refractivity (Wildman–Crippen MR) is 80.8 cm³/mol. The number of alkyl halides is 6. The summed E-state index contributed by atoms with van der Waals surface area (Å²) in [5.74, 6) is 0.236. The summed E-state index contributed by atoms with van der Waals surface area (Å²) >= 11 is 0. The Hall–Kier alpha value is -2.42. The summed E-state index contributed by atoms with van der Waals surface area (Å²) in [6.45, 7) is 0.207. The van der Waals surface area contributed by atoms with E-state index in [1.807, 2.05) is 0 Å². The van der Waals surface area contributed by atoms with Crippen molar-refractivity contribution in [2.75, 3.05) is 13.2 Å². The van der Waals surface area contributed by atoms with E-state index in [4.69, 9.17) is 15.2 Å². The van der Waals surface area contributed by atoms with Crippen LogP contribution in [0, 0.1) is 0 Å². The normalized spacial score (nSPS) is 17.3. The second kappa shape index (κ2) is 6.39. The minimum absolute atomic E-state index is 0.0123. The van der Waals surface area contributed by atoms with Gasteiger partial charge in [0.05, 0.1) is 11.1 Å². The van der Waals surface area contributed by atoms with Crippen LogP contribution < -0.4 is 15.2 Å². The smallest absolute Gasteiger partial charge is 0.417 e. The number of rotatable bonds is 2. The lowest BCUT2D eigenvalue weighted by Crippen LogP contribution is -2.35. The summed E-state index contributed by atoms with van der Waals surface area (Å²) < 4.78 is 89.8. The summed E-state index contributed by atoms with van der Waals surface area (Å²) in [6.07, 6.45) is -10.4. The summed E-state index contributed by atoms with van der Waals surface area (Å²) in [4.78, 5) is 0. The van der Waals surface area contributed by atoms with Crippen molar-refractivity contribution in [3.63, 3.8) is 0 Å². The zero-order valence-corrected chi connectivity index (χ0v) is 13.1. The molecule has 0 aliphatic carbocycles. The van der Waals surface area contributed by atoms with Gasteiger partial charge >= 0.3 is 12.4 Å². The number of halogens is 6. The quantitative estimate of drug-likeness (QED) is 0.785. The van der Waals surface area contributed by atoms with Gasteiger partial charge in [-0.1, -0.05) is 18.2 Å². The van der Waals surface area contributed by atoms with Crippen molar-refractivity contribution in [2.24, 2.45) is 5.73 Å². The molecule has 1 aliphatic rings. The Labute approximate surface area is 144 Å². The third-order valence-corrected chi connectivity index (χ3v) is 3.89. The molecular formula is C17H13F6NO2. The molecule has 1 aliphatic heterocycles. The van der Waals surface area contributed by atoms with Crippen LogP contribution in [0.1, 0.15) is 11.1 Å². The lowest BCUT2D eigenvalue weighted by Gasteiger charge is -2.28. The van der Waals surface area contributed by atoms with Gasteiger partial charge in [0, 0.05) is 12.1 Å². The summed E-state index contributed by atoms with van der Waals surface area (Å²) in [5, 5.41) is 0. The molecule has 0 fully saturated rings. The first-order valence-electron chi connectivity index (χ1n) is 7.52. The van der Waals surface area contributed by atoms with Crippen molar-refractivity contribution < 1.29 is 35.8 Å². The number of ether oxygens (including phenoxy) is 2. The number of benzene rings is 2. The fourth-order valence-electron chi connectivity index (χ4n) is 2.65. The van der Waals surface area contributed by atoms with E-state index in [0.717, 1.165) is 6.07 Å². The summed E-state index contributed by atoms with van der Waals surface area (Å²) in [6, 6.07) is 5.77. The average Bonchev–Trinajstić information content (AvgIpc) is 2.58. The Morgan fingerprint density at radius 1 is 0.962 bits per heavy atom. The second-order valence-electron chi connectivity index (χ2n) is 5.68. The van der Waals surface area contributed by atoms with Crippen LogP contribution in [0.2, 0.25) is 0 Å². The first kappa shape index (κ1) is 18.4. The van der Waals surface area contributed by atoms with Gasteiger partial charge in [0.25, 0.3) is 0 Å². The van der Waals surface area contributed by atoms with E-state index >= 15 is 0 Å². The van der Waals surface area contributed by atoms with Crippen LogP contribution in [0.4, 0.5) is 26.3 Å². The highest BCUT2D eigenvalue weighted by Gasteiger charge is 2.39. The Bertz CT molecular complexity index is 816. The third kappa shape index (κ3) is 3.44. The lowest BCUT2D eigenvalue weighted by molar-refractivity contribution is -0.142. The number of hydrogen-bond donors (Lipinski definition) is 1. The number of fused-ring (bicyclic) bond motifs is 1. The van der Waals surface area contributed by atoms with Gasteiger partial charge in [-0.25, -0.2) is 0 Å². The molecule has 2 aromatic rings. The van der Waals surface area contributed by atoms with E-state index in [2.05, 4.69) is 0 Å². The molecule has 9 heteroatoms. The molecule has 2 aromatic carbocycles. The van der Waals surface area contributed by atoms with Crippen LogP contribution in [0.3, 0.4) is 0 Å². The van der Waals surface area contributed by atoms with Gasteiger partial charge in [0.2, 0.25) is 0 Å². The molecule has 1 heterocycles. The third-order valence-electron chi connectivity index (χ3n) is 3.89. The minimum atomic E-state index is -4.98. The molecule has 140 valence electrons. The molecule has 0 bridgehead atoms.